The average Bonchev–Trinajstić information content (AvgIpc) is 2.38. The van der Waals surface area contributed by atoms with Gasteiger partial charge in [-0.1, -0.05) is 13.3 Å². The van der Waals surface area contributed by atoms with E-state index < -0.39 is 0 Å². The van der Waals surface area contributed by atoms with Gasteiger partial charge in [0.2, 0.25) is 0 Å². The molecule has 0 unspecified atom stereocenters. The molecule has 1 aromatic rings. The molecule has 0 spiro atoms. The summed E-state index contributed by atoms with van der Waals surface area (Å²) in [5.41, 5.74) is 0. The zero-order valence-electron chi connectivity index (χ0n) is 6.62. The van der Waals surface area contributed by atoms with Gasteiger partial charge in [0.25, 0.3) is 0 Å². The van der Waals surface area contributed by atoms with Crippen molar-refractivity contribution in [2.24, 2.45) is 0 Å². The molecule has 56 valence electrons. The number of imidazole rings is 1. The van der Waals surface area contributed by atoms with Crippen LogP contribution in [0.4, 0.5) is 0 Å². The molecule has 1 heterocycles. The number of hydrogen-bond acceptors (Lipinski definition) is 1. The van der Waals surface area contributed by atoms with E-state index in [1.54, 1.807) is 0 Å². The van der Waals surface area contributed by atoms with Crippen molar-refractivity contribution in [1.29, 1.82) is 0 Å². The van der Waals surface area contributed by atoms with Gasteiger partial charge in [-0.3, -0.25) is 0 Å². The molecule has 2 heteroatoms. The van der Waals surface area contributed by atoms with Gasteiger partial charge >= 0.3 is 0 Å². The van der Waals surface area contributed by atoms with Crippen LogP contribution in [0.25, 0.3) is 0 Å². The Morgan fingerprint density at radius 3 is 2.90 bits per heavy atom. The Morgan fingerprint density at radius 2 is 2.40 bits per heavy atom. The predicted octanol–water partition coefficient (Wildman–Crippen LogP) is 2.24. The summed E-state index contributed by atoms with van der Waals surface area (Å²) >= 11 is 0. The van der Waals surface area contributed by atoms with Gasteiger partial charge in [-0.25, -0.2) is 4.98 Å². The van der Waals surface area contributed by atoms with Crippen LogP contribution in [-0.4, -0.2) is 9.55 Å². The smallest absolute Gasteiger partial charge is 0.0948 e. The summed E-state index contributed by atoms with van der Waals surface area (Å²) in [6, 6.07) is 0.604. The second-order valence-electron chi connectivity index (χ2n) is 2.65. The second kappa shape index (κ2) is 3.40. The molecule has 0 N–H and O–H groups in total. The minimum atomic E-state index is 0.604. The van der Waals surface area contributed by atoms with Crippen LogP contribution in [-0.2, 0) is 0 Å². The molecule has 0 aliphatic rings. The number of rotatable bonds is 3. The Hall–Kier alpha value is -0.790. The highest BCUT2D eigenvalue weighted by atomic mass is 15.0. The number of nitrogens with zero attached hydrogens (tertiary/aromatic N) is 2. The lowest BCUT2D eigenvalue weighted by Crippen LogP contribution is -2.00. The van der Waals surface area contributed by atoms with E-state index in [1.807, 2.05) is 18.7 Å². The molecule has 0 amide bonds. The third kappa shape index (κ3) is 1.59. The van der Waals surface area contributed by atoms with E-state index in [-0.39, 0.29) is 0 Å². The van der Waals surface area contributed by atoms with Crippen LogP contribution >= 0.6 is 0 Å². The lowest BCUT2D eigenvalue weighted by atomic mass is 10.2. The third-order valence-corrected chi connectivity index (χ3v) is 1.74. The van der Waals surface area contributed by atoms with Crippen LogP contribution in [0.1, 0.15) is 32.7 Å². The van der Waals surface area contributed by atoms with E-state index in [9.17, 15) is 0 Å². The molecule has 0 aliphatic heterocycles. The zero-order valence-corrected chi connectivity index (χ0v) is 6.62. The van der Waals surface area contributed by atoms with Crippen molar-refractivity contribution in [2.75, 3.05) is 0 Å². The van der Waals surface area contributed by atoms with E-state index in [1.165, 1.54) is 12.8 Å². The van der Waals surface area contributed by atoms with Gasteiger partial charge < -0.3 is 4.57 Å². The summed E-state index contributed by atoms with van der Waals surface area (Å²) in [5, 5.41) is 0. The van der Waals surface area contributed by atoms with Crippen molar-refractivity contribution in [3.63, 3.8) is 0 Å². The summed E-state index contributed by atoms with van der Waals surface area (Å²) < 4.78 is 2.14. The molecule has 0 radical (unpaired) electrons. The summed E-state index contributed by atoms with van der Waals surface area (Å²) in [6.45, 7) is 4.42. The SMILES string of the molecule is CCC[C@H](C)n1ccnc1. The van der Waals surface area contributed by atoms with Crippen LogP contribution in [0, 0.1) is 0 Å². The molecule has 0 aromatic carbocycles. The first kappa shape index (κ1) is 7.32. The van der Waals surface area contributed by atoms with Gasteiger partial charge in [0.05, 0.1) is 6.33 Å². The van der Waals surface area contributed by atoms with Crippen LogP contribution in [0.2, 0.25) is 0 Å². The maximum absolute atomic E-state index is 3.99. The molecular formula is C8H14N2. The highest BCUT2D eigenvalue weighted by Gasteiger charge is 1.99. The summed E-state index contributed by atoms with van der Waals surface area (Å²) in [5.74, 6) is 0. The maximum atomic E-state index is 3.99. The minimum Gasteiger partial charge on any atom is -0.335 e. The summed E-state index contributed by atoms with van der Waals surface area (Å²) in [6.07, 6.45) is 8.18. The molecule has 10 heavy (non-hydrogen) atoms. The van der Waals surface area contributed by atoms with E-state index in [4.69, 9.17) is 0 Å². The fourth-order valence-corrected chi connectivity index (χ4v) is 1.10. The van der Waals surface area contributed by atoms with Gasteiger partial charge in [-0.15, -0.1) is 0 Å². The van der Waals surface area contributed by atoms with Crippen molar-refractivity contribution in [3.8, 4) is 0 Å². The fourth-order valence-electron chi connectivity index (χ4n) is 1.10. The Labute approximate surface area is 61.9 Å². The standard InChI is InChI=1S/C8H14N2/c1-3-4-8(2)10-6-5-9-7-10/h5-8H,3-4H2,1-2H3/t8-/m0/s1. The zero-order chi connectivity index (χ0) is 7.40. The minimum absolute atomic E-state index is 0.604. The van der Waals surface area contributed by atoms with Crippen LogP contribution in [0.3, 0.4) is 0 Å². The summed E-state index contributed by atoms with van der Waals surface area (Å²) in [4.78, 5) is 3.99. The van der Waals surface area contributed by atoms with Crippen molar-refractivity contribution in [1.82, 2.24) is 9.55 Å². The predicted molar refractivity (Wildman–Crippen MR) is 41.8 cm³/mol. The summed E-state index contributed by atoms with van der Waals surface area (Å²) in [7, 11) is 0. The van der Waals surface area contributed by atoms with Gasteiger partial charge in [0, 0.05) is 18.4 Å². The van der Waals surface area contributed by atoms with Gasteiger partial charge in [0.1, 0.15) is 0 Å². The molecule has 0 saturated carbocycles. The Morgan fingerprint density at radius 1 is 1.60 bits per heavy atom. The first-order valence-electron chi connectivity index (χ1n) is 3.82. The molecule has 1 rings (SSSR count). The molecule has 0 fully saturated rings. The molecule has 1 aromatic heterocycles. The first-order valence-corrected chi connectivity index (χ1v) is 3.82. The van der Waals surface area contributed by atoms with Crippen molar-refractivity contribution >= 4 is 0 Å². The Kier molecular flexibility index (Phi) is 2.49. The van der Waals surface area contributed by atoms with E-state index in [2.05, 4.69) is 23.4 Å². The van der Waals surface area contributed by atoms with Crippen LogP contribution in [0.15, 0.2) is 18.7 Å². The van der Waals surface area contributed by atoms with Gasteiger partial charge in [0.15, 0.2) is 0 Å². The second-order valence-corrected chi connectivity index (χ2v) is 2.65. The quantitative estimate of drug-likeness (QED) is 0.626. The largest absolute Gasteiger partial charge is 0.335 e. The molecule has 1 atom stereocenters. The maximum Gasteiger partial charge on any atom is 0.0948 e. The Bertz CT molecular complexity index is 167. The highest BCUT2D eigenvalue weighted by Crippen LogP contribution is 2.10. The first-order chi connectivity index (χ1) is 4.84. The van der Waals surface area contributed by atoms with Crippen molar-refractivity contribution < 1.29 is 0 Å². The molecule has 0 saturated heterocycles. The fraction of sp³-hybridized carbons (Fsp3) is 0.625. The topological polar surface area (TPSA) is 17.8 Å². The lowest BCUT2D eigenvalue weighted by Gasteiger charge is -2.10. The molecule has 0 bridgehead atoms. The average molecular weight is 138 g/mol. The number of aromatic nitrogens is 2. The van der Waals surface area contributed by atoms with Crippen molar-refractivity contribution in [2.45, 2.75) is 32.7 Å². The molecule has 2 nitrogen and oxygen atoms in total. The highest BCUT2D eigenvalue weighted by molar-refractivity contribution is 4.78. The van der Waals surface area contributed by atoms with Crippen LogP contribution in [0.5, 0.6) is 0 Å². The van der Waals surface area contributed by atoms with E-state index in [0.717, 1.165) is 0 Å². The lowest BCUT2D eigenvalue weighted by molar-refractivity contribution is 0.500. The molecule has 0 aliphatic carbocycles. The monoisotopic (exact) mass is 138 g/mol. The Balaban J connectivity index is 2.50. The van der Waals surface area contributed by atoms with Gasteiger partial charge in [-0.2, -0.15) is 0 Å². The van der Waals surface area contributed by atoms with E-state index in [0.29, 0.717) is 6.04 Å². The van der Waals surface area contributed by atoms with Gasteiger partial charge in [-0.05, 0) is 13.3 Å². The van der Waals surface area contributed by atoms with Crippen LogP contribution < -0.4 is 0 Å². The molecular weight excluding hydrogens is 124 g/mol. The number of hydrogen-bond donors (Lipinski definition) is 0. The van der Waals surface area contributed by atoms with E-state index >= 15 is 0 Å². The van der Waals surface area contributed by atoms with Crippen molar-refractivity contribution in [3.05, 3.63) is 18.7 Å². The normalized spacial score (nSPS) is 13.4. The third-order valence-electron chi connectivity index (χ3n) is 1.74.